The molecule has 2 aromatic carbocycles. The molecular formula is C21H25N4O2+. The smallest absolute Gasteiger partial charge is 0.279 e. The molecule has 1 atom stereocenters. The zero-order valence-corrected chi connectivity index (χ0v) is 15.6. The summed E-state index contributed by atoms with van der Waals surface area (Å²) in [6, 6.07) is 17.6. The molecule has 6 heteroatoms. The molecule has 0 saturated carbocycles. The Kier molecular flexibility index (Phi) is 6.42. The molecule has 0 radical (unpaired) electrons. The Bertz CT molecular complexity index is 808. The number of hydrogen-bond donors (Lipinski definition) is 2. The van der Waals surface area contributed by atoms with Crippen LogP contribution in [-0.4, -0.2) is 45.8 Å². The summed E-state index contributed by atoms with van der Waals surface area (Å²) in [6.07, 6.45) is 0. The van der Waals surface area contributed by atoms with Crippen LogP contribution in [0.25, 0.3) is 0 Å². The van der Waals surface area contributed by atoms with Crippen molar-refractivity contribution in [2.45, 2.75) is 6.54 Å². The molecule has 0 aliphatic carbocycles. The van der Waals surface area contributed by atoms with Gasteiger partial charge in [0.2, 0.25) is 0 Å². The van der Waals surface area contributed by atoms with E-state index in [1.54, 1.807) is 6.07 Å². The van der Waals surface area contributed by atoms with Gasteiger partial charge in [0.25, 0.3) is 5.91 Å². The summed E-state index contributed by atoms with van der Waals surface area (Å²) in [5, 5.41) is 11.9. The van der Waals surface area contributed by atoms with E-state index in [-0.39, 0.29) is 5.91 Å². The number of nitriles is 1. The maximum Gasteiger partial charge on any atom is 0.279 e. The standard InChI is InChI=1S/C21H24N4O2/c1-24(15-18-4-2-3-17(13-18)14-22)16-21(26)23-19-5-7-20(8-6-19)25-9-11-27-12-10-25/h2-8,13H,9-12,15-16H2,1H3,(H,23,26)/p+1. The number of nitrogens with one attached hydrogen (secondary N) is 2. The molecule has 140 valence electrons. The largest absolute Gasteiger partial charge is 0.378 e. The van der Waals surface area contributed by atoms with Crippen molar-refractivity contribution in [2.24, 2.45) is 0 Å². The highest BCUT2D eigenvalue weighted by molar-refractivity contribution is 5.91. The summed E-state index contributed by atoms with van der Waals surface area (Å²) in [4.78, 5) is 15.7. The number of quaternary nitrogens is 1. The van der Waals surface area contributed by atoms with E-state index in [0.717, 1.165) is 48.1 Å². The Morgan fingerprint density at radius 1 is 1.22 bits per heavy atom. The molecule has 6 nitrogen and oxygen atoms in total. The van der Waals surface area contributed by atoms with Gasteiger partial charge in [0.05, 0.1) is 31.9 Å². The van der Waals surface area contributed by atoms with E-state index >= 15 is 0 Å². The van der Waals surface area contributed by atoms with E-state index in [4.69, 9.17) is 10.00 Å². The van der Waals surface area contributed by atoms with Gasteiger partial charge in [-0.2, -0.15) is 5.26 Å². The zero-order valence-electron chi connectivity index (χ0n) is 15.6. The molecule has 1 aliphatic heterocycles. The third kappa shape index (κ3) is 5.55. The van der Waals surface area contributed by atoms with Crippen LogP contribution < -0.4 is 15.1 Å². The van der Waals surface area contributed by atoms with Crippen molar-refractivity contribution in [1.82, 2.24) is 0 Å². The number of rotatable bonds is 6. The summed E-state index contributed by atoms with van der Waals surface area (Å²) in [5.41, 5.74) is 3.65. The fraction of sp³-hybridized carbons (Fsp3) is 0.333. The number of hydrogen-bond acceptors (Lipinski definition) is 4. The Morgan fingerprint density at radius 3 is 2.67 bits per heavy atom. The van der Waals surface area contributed by atoms with Crippen molar-refractivity contribution in [3.8, 4) is 6.07 Å². The first-order chi connectivity index (χ1) is 13.1. The molecule has 1 amide bonds. The average molecular weight is 365 g/mol. The highest BCUT2D eigenvalue weighted by atomic mass is 16.5. The van der Waals surface area contributed by atoms with Gasteiger partial charge in [-0.05, 0) is 36.4 Å². The van der Waals surface area contributed by atoms with Crippen LogP contribution >= 0.6 is 0 Å². The van der Waals surface area contributed by atoms with Gasteiger partial charge in [-0.3, -0.25) is 4.79 Å². The van der Waals surface area contributed by atoms with E-state index in [2.05, 4.69) is 16.3 Å². The van der Waals surface area contributed by atoms with Gasteiger partial charge in [0, 0.05) is 30.0 Å². The number of benzene rings is 2. The van der Waals surface area contributed by atoms with E-state index in [1.807, 2.05) is 49.5 Å². The lowest BCUT2D eigenvalue weighted by atomic mass is 10.1. The first-order valence-corrected chi connectivity index (χ1v) is 9.17. The fourth-order valence-corrected chi connectivity index (χ4v) is 3.22. The minimum absolute atomic E-state index is 0.0249. The Morgan fingerprint density at radius 2 is 1.96 bits per heavy atom. The van der Waals surface area contributed by atoms with Crippen molar-refractivity contribution >= 4 is 17.3 Å². The molecule has 1 aliphatic rings. The second-order valence-corrected chi connectivity index (χ2v) is 6.82. The van der Waals surface area contributed by atoms with Crippen LogP contribution in [0.15, 0.2) is 48.5 Å². The number of anilines is 2. The van der Waals surface area contributed by atoms with E-state index in [9.17, 15) is 4.79 Å². The zero-order chi connectivity index (χ0) is 19.1. The third-order valence-corrected chi connectivity index (χ3v) is 4.55. The third-order valence-electron chi connectivity index (χ3n) is 4.55. The van der Waals surface area contributed by atoms with Crippen LogP contribution in [0.4, 0.5) is 11.4 Å². The van der Waals surface area contributed by atoms with Gasteiger partial charge < -0.3 is 19.9 Å². The number of likely N-dealkylation sites (N-methyl/N-ethyl adjacent to an activating group) is 1. The number of ether oxygens (including phenoxy) is 1. The monoisotopic (exact) mass is 365 g/mol. The van der Waals surface area contributed by atoms with Crippen molar-refractivity contribution in [3.63, 3.8) is 0 Å². The van der Waals surface area contributed by atoms with Crippen molar-refractivity contribution < 1.29 is 14.4 Å². The molecule has 1 heterocycles. The maximum atomic E-state index is 12.3. The lowest BCUT2D eigenvalue weighted by Crippen LogP contribution is -3.08. The summed E-state index contributed by atoms with van der Waals surface area (Å²) in [7, 11) is 1.97. The van der Waals surface area contributed by atoms with Crippen molar-refractivity contribution in [3.05, 3.63) is 59.7 Å². The van der Waals surface area contributed by atoms with Crippen LogP contribution in [0.5, 0.6) is 0 Å². The molecule has 2 aromatic rings. The van der Waals surface area contributed by atoms with Crippen LogP contribution in [0.3, 0.4) is 0 Å². The number of carbonyl (C=O) groups is 1. The summed E-state index contributed by atoms with van der Waals surface area (Å²) < 4.78 is 5.37. The van der Waals surface area contributed by atoms with Crippen LogP contribution in [0.2, 0.25) is 0 Å². The molecule has 27 heavy (non-hydrogen) atoms. The lowest BCUT2D eigenvalue weighted by molar-refractivity contribution is -0.885. The van der Waals surface area contributed by atoms with Crippen LogP contribution in [-0.2, 0) is 16.1 Å². The van der Waals surface area contributed by atoms with Gasteiger partial charge in [-0.1, -0.05) is 12.1 Å². The van der Waals surface area contributed by atoms with Crippen molar-refractivity contribution in [1.29, 1.82) is 5.26 Å². The lowest BCUT2D eigenvalue weighted by Gasteiger charge is -2.28. The summed E-state index contributed by atoms with van der Waals surface area (Å²) >= 11 is 0. The number of carbonyl (C=O) groups excluding carboxylic acids is 1. The SMILES string of the molecule is C[NH+](CC(=O)Nc1ccc(N2CCOCC2)cc1)Cc1cccc(C#N)c1. The van der Waals surface area contributed by atoms with Crippen molar-refractivity contribution in [2.75, 3.05) is 50.1 Å². The first kappa shape index (κ1) is 18.9. The number of nitrogens with zero attached hydrogens (tertiary/aromatic N) is 2. The summed E-state index contributed by atoms with van der Waals surface area (Å²) in [6.45, 7) is 4.36. The normalized spacial score (nSPS) is 15.0. The van der Waals surface area contributed by atoms with Gasteiger partial charge in [-0.15, -0.1) is 0 Å². The number of amides is 1. The Labute approximate surface area is 160 Å². The van der Waals surface area contributed by atoms with Gasteiger partial charge in [0.1, 0.15) is 6.54 Å². The predicted molar refractivity (Wildman–Crippen MR) is 105 cm³/mol. The molecule has 0 spiro atoms. The minimum atomic E-state index is -0.0249. The highest BCUT2D eigenvalue weighted by Crippen LogP contribution is 2.18. The molecule has 0 aromatic heterocycles. The Hall–Kier alpha value is -2.88. The van der Waals surface area contributed by atoms with Gasteiger partial charge >= 0.3 is 0 Å². The quantitative estimate of drug-likeness (QED) is 0.803. The van der Waals surface area contributed by atoms with Gasteiger partial charge in [-0.25, -0.2) is 0 Å². The molecule has 1 fully saturated rings. The van der Waals surface area contributed by atoms with E-state index in [0.29, 0.717) is 18.7 Å². The molecule has 1 saturated heterocycles. The van der Waals surface area contributed by atoms with E-state index in [1.165, 1.54) is 0 Å². The van der Waals surface area contributed by atoms with Crippen LogP contribution in [0.1, 0.15) is 11.1 Å². The Balaban J connectivity index is 1.50. The average Bonchev–Trinajstić information content (AvgIpc) is 2.69. The summed E-state index contributed by atoms with van der Waals surface area (Å²) in [5.74, 6) is -0.0249. The molecule has 3 rings (SSSR count). The minimum Gasteiger partial charge on any atom is -0.378 e. The number of morpholine rings is 1. The molecule has 2 N–H and O–H groups in total. The molecular weight excluding hydrogens is 340 g/mol. The fourth-order valence-electron chi connectivity index (χ4n) is 3.22. The van der Waals surface area contributed by atoms with Gasteiger partial charge in [0.15, 0.2) is 6.54 Å². The molecule has 0 bridgehead atoms. The van der Waals surface area contributed by atoms with E-state index < -0.39 is 0 Å². The second kappa shape index (κ2) is 9.17. The maximum absolute atomic E-state index is 12.3. The second-order valence-electron chi connectivity index (χ2n) is 6.82. The highest BCUT2D eigenvalue weighted by Gasteiger charge is 2.13. The topological polar surface area (TPSA) is 69.8 Å². The predicted octanol–water partition coefficient (Wildman–Crippen LogP) is 1.05. The molecule has 1 unspecified atom stereocenters. The first-order valence-electron chi connectivity index (χ1n) is 9.17. The van der Waals surface area contributed by atoms with Crippen LogP contribution in [0, 0.1) is 11.3 Å².